The lowest BCUT2D eigenvalue weighted by Crippen LogP contribution is -2.50. The van der Waals surface area contributed by atoms with Crippen molar-refractivity contribution < 1.29 is 9.53 Å². The minimum absolute atomic E-state index is 0. The standard InChI is InChI=1S/C17H24N2O2.ClH/c1-19(12-15-8-4-5-9-21-15)17(20)16-10-13-6-2-3-7-14(13)11-18-16;/h2-3,6-7,15-16,18H,4-5,8-12H2,1H3;1H. The third-order valence-electron chi connectivity index (χ3n) is 4.51. The number of likely N-dealkylation sites (N-methyl/N-ethyl adjacent to an activating group) is 1. The highest BCUT2D eigenvalue weighted by Crippen LogP contribution is 2.18. The lowest BCUT2D eigenvalue weighted by Gasteiger charge is -2.32. The second-order valence-corrected chi connectivity index (χ2v) is 6.11. The summed E-state index contributed by atoms with van der Waals surface area (Å²) in [6, 6.07) is 8.25. The van der Waals surface area contributed by atoms with Gasteiger partial charge in [0.25, 0.3) is 0 Å². The molecule has 5 heteroatoms. The van der Waals surface area contributed by atoms with Crippen molar-refractivity contribution in [2.24, 2.45) is 0 Å². The van der Waals surface area contributed by atoms with E-state index in [9.17, 15) is 4.79 Å². The molecule has 2 aliphatic rings. The highest BCUT2D eigenvalue weighted by Gasteiger charge is 2.28. The maximum atomic E-state index is 12.6. The van der Waals surface area contributed by atoms with Crippen molar-refractivity contribution in [1.29, 1.82) is 0 Å². The lowest BCUT2D eigenvalue weighted by atomic mass is 9.95. The molecule has 2 unspecified atom stereocenters. The second kappa shape index (κ2) is 7.95. The third kappa shape index (κ3) is 4.00. The number of carbonyl (C=O) groups excluding carboxylic acids is 1. The number of rotatable bonds is 3. The van der Waals surface area contributed by atoms with E-state index >= 15 is 0 Å². The van der Waals surface area contributed by atoms with Crippen molar-refractivity contribution in [2.45, 2.75) is 44.4 Å². The Balaban J connectivity index is 0.00000176. The first-order valence-electron chi connectivity index (χ1n) is 7.91. The molecule has 1 aromatic carbocycles. The SMILES string of the molecule is CN(CC1CCCCO1)C(=O)C1Cc2ccccc2CN1.Cl. The lowest BCUT2D eigenvalue weighted by molar-refractivity contribution is -0.134. The Morgan fingerprint density at radius 3 is 2.82 bits per heavy atom. The molecular formula is C17H25ClN2O2. The van der Waals surface area contributed by atoms with Crippen LogP contribution < -0.4 is 5.32 Å². The number of hydrogen-bond donors (Lipinski definition) is 1. The molecule has 1 fully saturated rings. The van der Waals surface area contributed by atoms with E-state index in [2.05, 4.69) is 23.5 Å². The van der Waals surface area contributed by atoms with Crippen molar-refractivity contribution in [1.82, 2.24) is 10.2 Å². The Bertz CT molecular complexity index is 503. The van der Waals surface area contributed by atoms with E-state index < -0.39 is 0 Å². The minimum atomic E-state index is -0.103. The summed E-state index contributed by atoms with van der Waals surface area (Å²) in [4.78, 5) is 14.4. The van der Waals surface area contributed by atoms with Gasteiger partial charge in [0.1, 0.15) is 0 Å². The molecule has 0 aromatic heterocycles. The molecule has 4 nitrogen and oxygen atoms in total. The van der Waals surface area contributed by atoms with E-state index in [-0.39, 0.29) is 30.5 Å². The molecule has 0 radical (unpaired) electrons. The van der Waals surface area contributed by atoms with Crippen LogP contribution in [0.15, 0.2) is 24.3 Å². The van der Waals surface area contributed by atoms with E-state index in [0.717, 1.165) is 32.4 Å². The van der Waals surface area contributed by atoms with E-state index in [0.29, 0.717) is 6.54 Å². The number of halogens is 1. The fraction of sp³-hybridized carbons (Fsp3) is 0.588. The molecule has 2 heterocycles. The van der Waals surface area contributed by atoms with Crippen LogP contribution in [0.1, 0.15) is 30.4 Å². The van der Waals surface area contributed by atoms with Gasteiger partial charge in [-0.1, -0.05) is 24.3 Å². The van der Waals surface area contributed by atoms with Crippen LogP contribution >= 0.6 is 12.4 Å². The first-order valence-corrected chi connectivity index (χ1v) is 7.91. The zero-order chi connectivity index (χ0) is 14.7. The monoisotopic (exact) mass is 324 g/mol. The van der Waals surface area contributed by atoms with Crippen molar-refractivity contribution in [3.63, 3.8) is 0 Å². The molecule has 0 spiro atoms. The summed E-state index contributed by atoms with van der Waals surface area (Å²) in [7, 11) is 1.89. The van der Waals surface area contributed by atoms with Crippen LogP contribution in [0.25, 0.3) is 0 Å². The van der Waals surface area contributed by atoms with Crippen LogP contribution in [-0.4, -0.2) is 43.2 Å². The Kier molecular flexibility index (Phi) is 6.24. The topological polar surface area (TPSA) is 41.6 Å². The number of hydrogen-bond acceptors (Lipinski definition) is 3. The highest BCUT2D eigenvalue weighted by atomic mass is 35.5. The van der Waals surface area contributed by atoms with Crippen molar-refractivity contribution in [3.8, 4) is 0 Å². The van der Waals surface area contributed by atoms with Gasteiger partial charge in [0, 0.05) is 26.7 Å². The largest absolute Gasteiger partial charge is 0.376 e. The molecule has 2 atom stereocenters. The molecular weight excluding hydrogens is 300 g/mol. The van der Waals surface area contributed by atoms with Crippen molar-refractivity contribution in [2.75, 3.05) is 20.2 Å². The molecule has 22 heavy (non-hydrogen) atoms. The van der Waals surface area contributed by atoms with E-state index in [1.807, 2.05) is 18.0 Å². The zero-order valence-corrected chi connectivity index (χ0v) is 13.9. The number of ether oxygens (including phenoxy) is 1. The first kappa shape index (κ1) is 17.3. The zero-order valence-electron chi connectivity index (χ0n) is 13.1. The van der Waals surface area contributed by atoms with Crippen LogP contribution in [0.4, 0.5) is 0 Å². The Labute approximate surface area is 138 Å². The van der Waals surface area contributed by atoms with Crippen molar-refractivity contribution in [3.05, 3.63) is 35.4 Å². The van der Waals surface area contributed by atoms with Gasteiger partial charge in [0.2, 0.25) is 5.91 Å². The summed E-state index contributed by atoms with van der Waals surface area (Å²) >= 11 is 0. The van der Waals surface area contributed by atoms with Gasteiger partial charge in [-0.15, -0.1) is 12.4 Å². The summed E-state index contributed by atoms with van der Waals surface area (Å²) in [6.07, 6.45) is 4.42. The van der Waals surface area contributed by atoms with Gasteiger partial charge in [-0.2, -0.15) is 0 Å². The molecule has 0 bridgehead atoms. The molecule has 3 rings (SSSR count). The second-order valence-electron chi connectivity index (χ2n) is 6.11. The molecule has 0 aliphatic carbocycles. The van der Waals surface area contributed by atoms with E-state index in [1.165, 1.54) is 17.5 Å². The Morgan fingerprint density at radius 1 is 1.32 bits per heavy atom. The molecule has 1 saturated heterocycles. The average molecular weight is 325 g/mol. The quantitative estimate of drug-likeness (QED) is 0.926. The third-order valence-corrected chi connectivity index (χ3v) is 4.51. The normalized spacial score (nSPS) is 24.0. The Hall–Kier alpha value is -1.10. The average Bonchev–Trinajstić information content (AvgIpc) is 2.54. The number of amides is 1. The fourth-order valence-corrected chi connectivity index (χ4v) is 3.24. The van der Waals surface area contributed by atoms with E-state index in [1.54, 1.807) is 0 Å². The van der Waals surface area contributed by atoms with Gasteiger partial charge in [-0.05, 0) is 36.8 Å². The van der Waals surface area contributed by atoms with Crippen LogP contribution in [0, 0.1) is 0 Å². The summed E-state index contributed by atoms with van der Waals surface area (Å²) in [5.74, 6) is 0.179. The highest BCUT2D eigenvalue weighted by molar-refractivity contribution is 5.85. The molecule has 2 aliphatic heterocycles. The van der Waals surface area contributed by atoms with Crippen LogP contribution in [-0.2, 0) is 22.5 Å². The number of fused-ring (bicyclic) bond motifs is 1. The minimum Gasteiger partial charge on any atom is -0.376 e. The smallest absolute Gasteiger partial charge is 0.239 e. The number of nitrogens with zero attached hydrogens (tertiary/aromatic N) is 1. The number of benzene rings is 1. The van der Waals surface area contributed by atoms with Gasteiger partial charge in [-0.3, -0.25) is 4.79 Å². The number of carbonyl (C=O) groups is 1. The predicted molar refractivity (Wildman–Crippen MR) is 89.2 cm³/mol. The molecule has 122 valence electrons. The summed E-state index contributed by atoms with van der Waals surface area (Å²) in [5.41, 5.74) is 2.59. The van der Waals surface area contributed by atoms with Gasteiger partial charge in [0.15, 0.2) is 0 Å². The van der Waals surface area contributed by atoms with Crippen molar-refractivity contribution >= 4 is 18.3 Å². The molecule has 1 N–H and O–H groups in total. The van der Waals surface area contributed by atoms with E-state index in [4.69, 9.17) is 4.74 Å². The van der Waals surface area contributed by atoms with Crippen LogP contribution in [0.5, 0.6) is 0 Å². The molecule has 1 amide bonds. The molecule has 0 saturated carbocycles. The van der Waals surface area contributed by atoms with Crippen LogP contribution in [0.3, 0.4) is 0 Å². The summed E-state index contributed by atoms with van der Waals surface area (Å²) in [6.45, 7) is 2.32. The summed E-state index contributed by atoms with van der Waals surface area (Å²) < 4.78 is 5.73. The molecule has 1 aromatic rings. The Morgan fingerprint density at radius 2 is 2.09 bits per heavy atom. The van der Waals surface area contributed by atoms with Gasteiger partial charge in [-0.25, -0.2) is 0 Å². The van der Waals surface area contributed by atoms with Gasteiger partial charge in [0.05, 0.1) is 12.1 Å². The maximum Gasteiger partial charge on any atom is 0.239 e. The maximum absolute atomic E-state index is 12.6. The van der Waals surface area contributed by atoms with Crippen LogP contribution in [0.2, 0.25) is 0 Å². The fourth-order valence-electron chi connectivity index (χ4n) is 3.24. The summed E-state index contributed by atoms with van der Waals surface area (Å²) in [5, 5.41) is 3.36. The van der Waals surface area contributed by atoms with Gasteiger partial charge < -0.3 is 15.0 Å². The van der Waals surface area contributed by atoms with Gasteiger partial charge >= 0.3 is 0 Å². The number of nitrogens with one attached hydrogen (secondary N) is 1. The first-order chi connectivity index (χ1) is 10.2. The predicted octanol–water partition coefficient (Wildman–Crippen LogP) is 2.15.